The SMILES string of the molecule is CN1CCN(c2cc3c(cc2Br)CCN3C(=O)Nc2ccc3ncccc3c2)CC1.c1ccc2[nH]ccc2c1. The van der Waals surface area contributed by atoms with Crippen molar-refractivity contribution < 1.29 is 4.79 Å². The smallest absolute Gasteiger partial charge is 0.326 e. The van der Waals surface area contributed by atoms with E-state index in [1.165, 1.54) is 22.2 Å². The minimum Gasteiger partial charge on any atom is -0.368 e. The molecule has 8 heteroatoms. The van der Waals surface area contributed by atoms with Gasteiger partial charge in [-0.25, -0.2) is 4.79 Å². The quantitative estimate of drug-likeness (QED) is 0.249. The second kappa shape index (κ2) is 11.1. The van der Waals surface area contributed by atoms with Crippen molar-refractivity contribution in [2.45, 2.75) is 6.42 Å². The van der Waals surface area contributed by atoms with E-state index in [0.717, 1.165) is 59.4 Å². The van der Waals surface area contributed by atoms with Gasteiger partial charge in [0.15, 0.2) is 0 Å². The molecule has 39 heavy (non-hydrogen) atoms. The van der Waals surface area contributed by atoms with Gasteiger partial charge < -0.3 is 20.1 Å². The second-order valence-electron chi connectivity index (χ2n) is 10.0. The monoisotopic (exact) mass is 582 g/mol. The normalized spacial score (nSPS) is 15.2. The number of para-hydroxylation sites is 1. The molecule has 2 N–H and O–H groups in total. The van der Waals surface area contributed by atoms with Gasteiger partial charge in [-0.1, -0.05) is 24.3 Å². The lowest BCUT2D eigenvalue weighted by Crippen LogP contribution is -2.44. The number of carbonyl (C=O) groups excluding carboxylic acids is 1. The molecule has 0 saturated carbocycles. The highest BCUT2D eigenvalue weighted by Gasteiger charge is 2.28. The third-order valence-electron chi connectivity index (χ3n) is 7.45. The van der Waals surface area contributed by atoms with Gasteiger partial charge in [0.2, 0.25) is 0 Å². The second-order valence-corrected chi connectivity index (χ2v) is 10.9. The fourth-order valence-corrected chi connectivity index (χ4v) is 5.88. The van der Waals surface area contributed by atoms with E-state index >= 15 is 0 Å². The zero-order chi connectivity index (χ0) is 26.8. The largest absolute Gasteiger partial charge is 0.368 e. The number of aromatic nitrogens is 2. The molecular formula is C31H31BrN6O. The number of carbonyl (C=O) groups is 1. The molecule has 0 aliphatic carbocycles. The van der Waals surface area contributed by atoms with E-state index in [4.69, 9.17) is 0 Å². The van der Waals surface area contributed by atoms with E-state index in [0.29, 0.717) is 6.54 Å². The minimum absolute atomic E-state index is 0.0939. The summed E-state index contributed by atoms with van der Waals surface area (Å²) in [6, 6.07) is 24.3. The fraction of sp³-hybridized carbons (Fsp3) is 0.226. The molecule has 2 aliphatic rings. The molecule has 0 unspecified atom stereocenters. The highest BCUT2D eigenvalue weighted by molar-refractivity contribution is 9.10. The lowest BCUT2D eigenvalue weighted by atomic mass is 10.1. The van der Waals surface area contributed by atoms with E-state index in [1.54, 1.807) is 6.20 Å². The lowest BCUT2D eigenvalue weighted by Gasteiger charge is -2.35. The summed E-state index contributed by atoms with van der Waals surface area (Å²) in [6.07, 6.45) is 4.59. The first-order valence-corrected chi connectivity index (χ1v) is 14.1. The molecule has 7 rings (SSSR count). The molecule has 4 heterocycles. The highest BCUT2D eigenvalue weighted by Crippen LogP contribution is 2.38. The van der Waals surface area contributed by atoms with Crippen molar-refractivity contribution in [3.63, 3.8) is 0 Å². The average Bonchev–Trinajstić information content (AvgIpc) is 3.60. The number of nitrogens with zero attached hydrogens (tertiary/aromatic N) is 4. The molecule has 5 aromatic rings. The number of anilines is 3. The van der Waals surface area contributed by atoms with Crippen molar-refractivity contribution in [3.05, 3.63) is 95.2 Å². The number of nitrogens with one attached hydrogen (secondary N) is 2. The van der Waals surface area contributed by atoms with Gasteiger partial charge in [-0.05, 0) is 88.9 Å². The predicted molar refractivity (Wildman–Crippen MR) is 164 cm³/mol. The van der Waals surface area contributed by atoms with Crippen LogP contribution in [0.1, 0.15) is 5.56 Å². The Hall–Kier alpha value is -3.88. The Bertz CT molecular complexity index is 1590. The first-order valence-electron chi connectivity index (χ1n) is 13.3. The van der Waals surface area contributed by atoms with Gasteiger partial charge in [-0.3, -0.25) is 9.88 Å². The molecule has 198 valence electrons. The molecule has 1 saturated heterocycles. The number of pyridine rings is 1. The number of rotatable bonds is 2. The third-order valence-corrected chi connectivity index (χ3v) is 8.08. The standard InChI is InChI=1S/C23H24BrN5O.C8H7N/c1-27-9-11-28(12-10-27)22-15-21-17(14-19(22)24)6-8-29(21)23(30)26-18-4-5-20-16(13-18)3-2-7-25-20;1-2-4-8-7(3-1)5-6-9-8/h2-5,7,13-15H,6,8-12H2,1H3,(H,26,30);1-6,9H. The molecule has 3 aromatic carbocycles. The van der Waals surface area contributed by atoms with Crippen LogP contribution in [-0.2, 0) is 6.42 Å². The Morgan fingerprint density at radius 3 is 2.56 bits per heavy atom. The number of halogens is 1. The highest BCUT2D eigenvalue weighted by atomic mass is 79.9. The van der Waals surface area contributed by atoms with E-state index < -0.39 is 0 Å². The lowest BCUT2D eigenvalue weighted by molar-refractivity contribution is 0.257. The van der Waals surface area contributed by atoms with Crippen molar-refractivity contribution >= 4 is 60.8 Å². The van der Waals surface area contributed by atoms with E-state index in [2.05, 4.69) is 78.4 Å². The van der Waals surface area contributed by atoms with Crippen LogP contribution in [0.5, 0.6) is 0 Å². The molecule has 0 radical (unpaired) electrons. The Morgan fingerprint density at radius 1 is 0.897 bits per heavy atom. The predicted octanol–water partition coefficient (Wildman–Crippen LogP) is 6.51. The van der Waals surface area contributed by atoms with Crippen LogP contribution in [0.4, 0.5) is 21.9 Å². The van der Waals surface area contributed by atoms with Gasteiger partial charge >= 0.3 is 6.03 Å². The summed E-state index contributed by atoms with van der Waals surface area (Å²) in [5.74, 6) is 0. The topological polar surface area (TPSA) is 67.5 Å². The van der Waals surface area contributed by atoms with Gasteiger partial charge in [0.05, 0.1) is 16.9 Å². The van der Waals surface area contributed by atoms with Crippen molar-refractivity contribution in [1.82, 2.24) is 14.9 Å². The molecule has 1 fully saturated rings. The summed E-state index contributed by atoms with van der Waals surface area (Å²) >= 11 is 3.75. The van der Waals surface area contributed by atoms with Crippen LogP contribution in [-0.4, -0.2) is 60.7 Å². The fourth-order valence-electron chi connectivity index (χ4n) is 5.24. The molecule has 0 bridgehead atoms. The van der Waals surface area contributed by atoms with Crippen LogP contribution in [0.2, 0.25) is 0 Å². The molecule has 0 spiro atoms. The van der Waals surface area contributed by atoms with Gasteiger partial charge in [0.1, 0.15) is 0 Å². The number of fused-ring (bicyclic) bond motifs is 3. The maximum absolute atomic E-state index is 13.1. The van der Waals surface area contributed by atoms with Gasteiger partial charge in [-0.2, -0.15) is 0 Å². The van der Waals surface area contributed by atoms with E-state index in [-0.39, 0.29) is 6.03 Å². The zero-order valence-electron chi connectivity index (χ0n) is 21.9. The van der Waals surface area contributed by atoms with Gasteiger partial charge in [0.25, 0.3) is 0 Å². The number of urea groups is 1. The summed E-state index contributed by atoms with van der Waals surface area (Å²) in [5, 5.41) is 5.35. The maximum atomic E-state index is 13.1. The van der Waals surface area contributed by atoms with Crippen LogP contribution >= 0.6 is 15.9 Å². The summed E-state index contributed by atoms with van der Waals surface area (Å²) in [7, 11) is 2.16. The van der Waals surface area contributed by atoms with Gasteiger partial charge in [0, 0.05) is 66.2 Å². The summed E-state index contributed by atoms with van der Waals surface area (Å²) in [4.78, 5) is 27.2. The van der Waals surface area contributed by atoms with Gasteiger partial charge in [-0.15, -0.1) is 0 Å². The Labute approximate surface area is 236 Å². The summed E-state index contributed by atoms with van der Waals surface area (Å²) in [5.41, 5.74) is 6.29. The zero-order valence-corrected chi connectivity index (χ0v) is 23.5. The third kappa shape index (κ3) is 5.48. The van der Waals surface area contributed by atoms with Crippen molar-refractivity contribution in [2.75, 3.05) is 54.9 Å². The number of hydrogen-bond donors (Lipinski definition) is 2. The average molecular weight is 584 g/mol. The molecule has 2 aromatic heterocycles. The summed E-state index contributed by atoms with van der Waals surface area (Å²) < 4.78 is 1.11. The molecular weight excluding hydrogens is 552 g/mol. The summed E-state index contributed by atoms with van der Waals surface area (Å²) in [6.45, 7) is 4.76. The number of hydrogen-bond acceptors (Lipinski definition) is 4. The number of H-pyrrole nitrogens is 1. The molecule has 7 nitrogen and oxygen atoms in total. The van der Waals surface area contributed by atoms with Crippen LogP contribution in [0, 0.1) is 0 Å². The first kappa shape index (κ1) is 25.4. The van der Waals surface area contributed by atoms with Crippen LogP contribution in [0.25, 0.3) is 21.8 Å². The number of aromatic amines is 1. The molecule has 0 atom stereocenters. The Balaban J connectivity index is 0.000000258. The van der Waals surface area contributed by atoms with Crippen molar-refractivity contribution in [2.24, 2.45) is 0 Å². The Kier molecular flexibility index (Phi) is 7.22. The number of amides is 2. The number of benzene rings is 3. The van der Waals surface area contributed by atoms with E-state index in [9.17, 15) is 4.79 Å². The van der Waals surface area contributed by atoms with E-state index in [1.807, 2.05) is 53.6 Å². The van der Waals surface area contributed by atoms with Crippen LogP contribution in [0.3, 0.4) is 0 Å². The minimum atomic E-state index is -0.0939. The van der Waals surface area contributed by atoms with Crippen molar-refractivity contribution in [3.8, 4) is 0 Å². The Morgan fingerprint density at radius 2 is 1.72 bits per heavy atom. The first-order chi connectivity index (χ1) is 19.0. The van der Waals surface area contributed by atoms with Crippen molar-refractivity contribution in [1.29, 1.82) is 0 Å². The van der Waals surface area contributed by atoms with Crippen LogP contribution in [0.15, 0.2) is 89.7 Å². The number of piperazine rings is 1. The molecule has 2 aliphatic heterocycles. The van der Waals surface area contributed by atoms with Crippen LogP contribution < -0.4 is 15.1 Å². The number of likely N-dealkylation sites (N-methyl/N-ethyl adjacent to an activating group) is 1. The maximum Gasteiger partial charge on any atom is 0.326 e. The molecule has 2 amide bonds.